The van der Waals surface area contributed by atoms with Crippen molar-refractivity contribution in [3.63, 3.8) is 0 Å². The maximum absolute atomic E-state index is 12.0. The fourth-order valence-corrected chi connectivity index (χ4v) is 2.59. The number of carbonyl (C=O) groups excluding carboxylic acids is 1. The van der Waals surface area contributed by atoms with Crippen LogP contribution in [0.1, 0.15) is 5.56 Å². The van der Waals surface area contributed by atoms with Crippen LogP contribution in [0.2, 0.25) is 0 Å². The molecule has 3 N–H and O–H groups in total. The number of nitrogens with two attached hydrogens (primary N) is 1. The van der Waals surface area contributed by atoms with Crippen LogP contribution in [0.4, 0.5) is 0 Å². The quantitative estimate of drug-likeness (QED) is 0.791. The Morgan fingerprint density at radius 3 is 2.33 bits per heavy atom. The van der Waals surface area contributed by atoms with Gasteiger partial charge in [-0.3, -0.25) is 4.79 Å². The monoisotopic (exact) mass is 350 g/mol. The molecule has 1 aliphatic carbocycles. The van der Waals surface area contributed by atoms with Gasteiger partial charge >= 0.3 is 0 Å². The van der Waals surface area contributed by atoms with Gasteiger partial charge in [-0.05, 0) is 42.0 Å². The second-order valence-electron chi connectivity index (χ2n) is 4.93. The number of ether oxygens (including phenoxy) is 2. The van der Waals surface area contributed by atoms with Crippen molar-refractivity contribution in [1.29, 1.82) is 0 Å². The molecular formula is C16H18N2O5S. The summed E-state index contributed by atoms with van der Waals surface area (Å²) in [6.45, 7) is 0. The molecule has 0 radical (unpaired) electrons. The summed E-state index contributed by atoms with van der Waals surface area (Å²) < 4.78 is 30.9. The third-order valence-corrected chi connectivity index (χ3v) is 4.18. The molecule has 0 bridgehead atoms. The largest absolute Gasteiger partial charge is 0.493 e. The van der Waals surface area contributed by atoms with E-state index in [2.05, 4.69) is 4.99 Å². The van der Waals surface area contributed by atoms with Crippen LogP contribution in [0.25, 0.3) is 0 Å². The number of nitrogens with zero attached hydrogens (tertiary/aromatic N) is 1. The van der Waals surface area contributed by atoms with Crippen LogP contribution in [-0.4, -0.2) is 39.5 Å². The van der Waals surface area contributed by atoms with Crippen molar-refractivity contribution >= 4 is 26.5 Å². The molecule has 0 saturated carbocycles. The Labute approximate surface area is 140 Å². The average molecular weight is 350 g/mol. The minimum atomic E-state index is -3.51. The molecule has 1 aromatic carbocycles. The first-order valence-electron chi connectivity index (χ1n) is 6.93. The molecule has 8 heteroatoms. The molecule has 0 spiro atoms. The molecule has 1 amide bonds. The Morgan fingerprint density at radius 2 is 1.79 bits per heavy atom. The zero-order valence-corrected chi connectivity index (χ0v) is 14.1. The molecule has 1 atom stereocenters. The van der Waals surface area contributed by atoms with Crippen molar-refractivity contribution in [2.75, 3.05) is 14.2 Å². The number of amides is 1. The van der Waals surface area contributed by atoms with Gasteiger partial charge in [0.25, 0.3) is 5.91 Å². The minimum Gasteiger partial charge on any atom is -0.493 e. The molecule has 1 unspecified atom stereocenters. The number of carbonyl (C=O) groups is 1. The second kappa shape index (κ2) is 7.43. The van der Waals surface area contributed by atoms with Gasteiger partial charge in [0.1, 0.15) is 9.99 Å². The number of allylic oxidation sites excluding steroid dienone is 4. The maximum atomic E-state index is 12.0. The molecule has 1 aromatic rings. The fraction of sp³-hybridized carbons (Fsp3) is 0.188. The summed E-state index contributed by atoms with van der Waals surface area (Å²) in [5.74, 6) is 0.760. The van der Waals surface area contributed by atoms with E-state index in [-0.39, 0.29) is 17.2 Å². The van der Waals surface area contributed by atoms with Gasteiger partial charge < -0.3 is 14.0 Å². The van der Waals surface area contributed by atoms with E-state index in [1.54, 1.807) is 18.2 Å². The molecule has 0 heterocycles. The lowest BCUT2D eigenvalue weighted by molar-refractivity contribution is -0.117. The van der Waals surface area contributed by atoms with Gasteiger partial charge in [0.2, 0.25) is 0 Å². The standard InChI is InChI=1S/C16H18N2O5S/c1-22-14-8-3-11(9-15(14)23-2)10-16(19)18-12-4-6-13(7-5-12)24(17,20)21/h3-9H,10H2,1-2H3,(H3,17,20,21). The summed E-state index contributed by atoms with van der Waals surface area (Å²) >= 11 is 0. The van der Waals surface area contributed by atoms with E-state index in [9.17, 15) is 13.6 Å². The molecule has 24 heavy (non-hydrogen) atoms. The van der Waals surface area contributed by atoms with Gasteiger partial charge in [-0.15, -0.1) is 0 Å². The van der Waals surface area contributed by atoms with Crippen LogP contribution in [0.5, 0.6) is 11.5 Å². The highest BCUT2D eigenvalue weighted by atomic mass is 32.2. The van der Waals surface area contributed by atoms with Crippen molar-refractivity contribution in [1.82, 2.24) is 0 Å². The Morgan fingerprint density at radius 1 is 1.17 bits per heavy atom. The van der Waals surface area contributed by atoms with Crippen molar-refractivity contribution in [2.24, 2.45) is 10.1 Å². The van der Waals surface area contributed by atoms with Crippen LogP contribution < -0.4 is 14.6 Å². The smallest absolute Gasteiger partial charge is 0.250 e. The van der Waals surface area contributed by atoms with E-state index in [1.807, 2.05) is 0 Å². The Hall–Kier alpha value is -2.42. The highest BCUT2D eigenvalue weighted by Gasteiger charge is 2.10. The predicted molar refractivity (Wildman–Crippen MR) is 93.9 cm³/mol. The molecule has 7 nitrogen and oxygen atoms in total. The fourth-order valence-electron chi connectivity index (χ4n) is 2.06. The zero-order valence-electron chi connectivity index (χ0n) is 13.3. The van der Waals surface area contributed by atoms with E-state index in [1.165, 1.54) is 38.5 Å². The Bertz CT molecular complexity index is 835. The second-order valence-corrected chi connectivity index (χ2v) is 6.54. The molecule has 0 aromatic heterocycles. The molecule has 0 aliphatic heterocycles. The molecule has 1 aliphatic rings. The lowest BCUT2D eigenvalue weighted by Gasteiger charge is -2.09. The van der Waals surface area contributed by atoms with Crippen LogP contribution >= 0.6 is 0 Å². The van der Waals surface area contributed by atoms with E-state index in [4.69, 9.17) is 14.6 Å². The van der Waals surface area contributed by atoms with E-state index in [0.717, 1.165) is 5.56 Å². The molecule has 2 rings (SSSR count). The Balaban J connectivity index is 2.12. The van der Waals surface area contributed by atoms with Gasteiger partial charge in [-0.25, -0.2) is 14.3 Å². The van der Waals surface area contributed by atoms with Gasteiger partial charge in [-0.1, -0.05) is 6.07 Å². The van der Waals surface area contributed by atoms with Crippen LogP contribution in [-0.2, 0) is 21.2 Å². The summed E-state index contributed by atoms with van der Waals surface area (Å²) in [6, 6.07) is 5.19. The topological polar surface area (TPSA) is 111 Å². The first kappa shape index (κ1) is 17.9. The van der Waals surface area contributed by atoms with Gasteiger partial charge in [-0.2, -0.15) is 0 Å². The molecule has 0 saturated heterocycles. The predicted octanol–water partition coefficient (Wildman–Crippen LogP) is 1.14. The summed E-state index contributed by atoms with van der Waals surface area (Å²) in [4.78, 5) is 16.1. The number of methoxy groups -OCH3 is 2. The van der Waals surface area contributed by atoms with Crippen LogP contribution in [0.3, 0.4) is 0 Å². The first-order valence-corrected chi connectivity index (χ1v) is 8.51. The highest BCUT2D eigenvalue weighted by molar-refractivity contribution is 7.95. The summed E-state index contributed by atoms with van der Waals surface area (Å²) in [7, 11) is -0.458. The maximum Gasteiger partial charge on any atom is 0.250 e. The number of aliphatic imine (C=N–C) groups is 1. The minimum absolute atomic E-state index is 0.0776. The third kappa shape index (κ3) is 4.54. The third-order valence-electron chi connectivity index (χ3n) is 3.23. The summed E-state index contributed by atoms with van der Waals surface area (Å²) in [6.07, 6.45) is 5.75. The summed E-state index contributed by atoms with van der Waals surface area (Å²) in [5.41, 5.74) is 1.12. The number of hydrogen-bond acceptors (Lipinski definition) is 4. The van der Waals surface area contributed by atoms with Crippen molar-refractivity contribution in [3.05, 3.63) is 48.1 Å². The SMILES string of the molecule is COc1ccc(CC(=O)N=C2C=CC(=S(N)(=O)O)C=C2)cc1OC. The van der Waals surface area contributed by atoms with Gasteiger partial charge in [0, 0.05) is 0 Å². The number of benzene rings is 1. The highest BCUT2D eigenvalue weighted by Crippen LogP contribution is 2.27. The van der Waals surface area contributed by atoms with Crippen molar-refractivity contribution < 1.29 is 23.0 Å². The molecule has 0 fully saturated rings. The van der Waals surface area contributed by atoms with E-state index < -0.39 is 9.99 Å². The lowest BCUT2D eigenvalue weighted by atomic mass is 10.1. The van der Waals surface area contributed by atoms with Crippen LogP contribution in [0.15, 0.2) is 47.5 Å². The van der Waals surface area contributed by atoms with Gasteiger partial charge in [0.15, 0.2) is 11.5 Å². The van der Waals surface area contributed by atoms with E-state index >= 15 is 0 Å². The summed E-state index contributed by atoms with van der Waals surface area (Å²) in [5, 5.41) is 5.12. The first-order chi connectivity index (χ1) is 11.3. The van der Waals surface area contributed by atoms with Gasteiger partial charge in [0.05, 0.1) is 31.2 Å². The normalized spacial score (nSPS) is 15.8. The zero-order chi connectivity index (χ0) is 17.7. The number of rotatable bonds is 4. The lowest BCUT2D eigenvalue weighted by Crippen LogP contribution is -2.20. The van der Waals surface area contributed by atoms with E-state index in [0.29, 0.717) is 17.2 Å². The van der Waals surface area contributed by atoms with Crippen molar-refractivity contribution in [3.8, 4) is 11.5 Å². The average Bonchev–Trinajstić information content (AvgIpc) is 2.54. The molecular weight excluding hydrogens is 332 g/mol. The number of hydrogen-bond donors (Lipinski definition) is 2. The molecule has 128 valence electrons. The van der Waals surface area contributed by atoms with Crippen LogP contribution in [0, 0.1) is 0 Å². The Kier molecular flexibility index (Phi) is 5.55. The van der Waals surface area contributed by atoms with Crippen molar-refractivity contribution in [2.45, 2.75) is 6.42 Å².